The summed E-state index contributed by atoms with van der Waals surface area (Å²) < 4.78 is 57.4. The van der Waals surface area contributed by atoms with Crippen LogP contribution in [0.15, 0.2) is 53.7 Å². The summed E-state index contributed by atoms with van der Waals surface area (Å²) in [5.74, 6) is -1.49. The normalized spacial score (nSPS) is 19.3. The first-order valence-corrected chi connectivity index (χ1v) is 15.5. The van der Waals surface area contributed by atoms with Gasteiger partial charge in [0, 0.05) is 48.4 Å². The van der Waals surface area contributed by atoms with E-state index in [1.54, 1.807) is 12.1 Å². The van der Waals surface area contributed by atoms with Gasteiger partial charge in [-0.25, -0.2) is 30.9 Å². The number of aromatic nitrogens is 4. The number of rotatable bonds is 6. The number of aryl methyl sites for hydroxylation is 1. The van der Waals surface area contributed by atoms with E-state index in [-0.39, 0.29) is 45.3 Å². The molecule has 2 aromatic carbocycles. The second-order valence-corrected chi connectivity index (χ2v) is 12.8. The smallest absolute Gasteiger partial charge is 0.317 e. The molecule has 1 aliphatic heterocycles. The molecule has 2 aromatic heterocycles. The highest BCUT2D eigenvalue weighted by Crippen LogP contribution is 2.34. The molecule has 0 spiro atoms. The van der Waals surface area contributed by atoms with E-state index >= 15 is 4.39 Å². The molecule has 2 atom stereocenters. The van der Waals surface area contributed by atoms with Gasteiger partial charge >= 0.3 is 6.03 Å². The summed E-state index contributed by atoms with van der Waals surface area (Å²) in [6.45, 7) is 3.39. The molecule has 4 aromatic rings. The second kappa shape index (κ2) is 11.3. The van der Waals surface area contributed by atoms with E-state index in [0.717, 1.165) is 60.8 Å². The number of urea groups is 1. The zero-order valence-corrected chi connectivity index (χ0v) is 23.9. The third kappa shape index (κ3) is 5.52. The maximum Gasteiger partial charge on any atom is 0.317 e. The van der Waals surface area contributed by atoms with Gasteiger partial charge in [0.05, 0.1) is 11.1 Å². The molecule has 2 aliphatic rings. The molecule has 0 radical (unpaired) electrons. The van der Waals surface area contributed by atoms with Gasteiger partial charge in [-0.05, 0) is 63.6 Å². The van der Waals surface area contributed by atoms with E-state index in [9.17, 15) is 17.6 Å². The first-order valence-electron chi connectivity index (χ1n) is 14.0. The maximum absolute atomic E-state index is 15.1. The Morgan fingerprint density at radius 2 is 1.76 bits per heavy atom. The monoisotopic (exact) mass is 595 g/mol. The van der Waals surface area contributed by atoms with E-state index < -0.39 is 21.7 Å². The van der Waals surface area contributed by atoms with Crippen LogP contribution < -0.4 is 10.6 Å². The Balaban J connectivity index is 1.29. The minimum atomic E-state index is -4.24. The predicted molar refractivity (Wildman–Crippen MR) is 153 cm³/mol. The fourth-order valence-corrected chi connectivity index (χ4v) is 7.15. The van der Waals surface area contributed by atoms with Crippen LogP contribution in [0.2, 0.25) is 0 Å². The number of amides is 2. The molecule has 0 unspecified atom stereocenters. The van der Waals surface area contributed by atoms with Crippen LogP contribution in [-0.2, 0) is 10.0 Å². The Morgan fingerprint density at radius 1 is 1.02 bits per heavy atom. The summed E-state index contributed by atoms with van der Waals surface area (Å²) >= 11 is 0. The van der Waals surface area contributed by atoms with Crippen LogP contribution in [-0.4, -0.2) is 63.7 Å². The van der Waals surface area contributed by atoms with Crippen LogP contribution in [0, 0.1) is 18.6 Å². The van der Waals surface area contributed by atoms with Crippen molar-refractivity contribution in [1.29, 1.82) is 0 Å². The largest absolute Gasteiger partial charge is 0.366 e. The van der Waals surface area contributed by atoms with Crippen LogP contribution >= 0.6 is 0 Å². The number of carbonyl (C=O) groups excluding carboxylic acids is 1. The number of nitrogens with zero attached hydrogens (tertiary/aromatic N) is 5. The van der Waals surface area contributed by atoms with Crippen molar-refractivity contribution in [2.24, 2.45) is 0 Å². The van der Waals surface area contributed by atoms with Crippen molar-refractivity contribution in [3.63, 3.8) is 0 Å². The fraction of sp³-hybridized carbons (Fsp3) is 0.379. The van der Waals surface area contributed by atoms with Gasteiger partial charge in [0.2, 0.25) is 0 Å². The Hall–Kier alpha value is -4.13. The summed E-state index contributed by atoms with van der Waals surface area (Å²) in [4.78, 5) is 18.9. The molecular weight excluding hydrogens is 564 g/mol. The molecule has 2 fully saturated rings. The lowest BCUT2D eigenvalue weighted by Crippen LogP contribution is -2.47. The Morgan fingerprint density at radius 3 is 2.52 bits per heavy atom. The topological polar surface area (TPSA) is 122 Å². The highest BCUT2D eigenvalue weighted by atomic mass is 32.2. The molecule has 3 heterocycles. The number of halogens is 2. The molecule has 13 heteroatoms. The van der Waals surface area contributed by atoms with Gasteiger partial charge in [-0.3, -0.25) is 0 Å². The van der Waals surface area contributed by atoms with Gasteiger partial charge in [-0.1, -0.05) is 17.7 Å². The lowest BCUT2D eigenvalue weighted by molar-refractivity contribution is 0.200. The number of hydrogen-bond donors (Lipinski definition) is 2. The fourth-order valence-electron chi connectivity index (χ4n) is 5.77. The number of fused-ring (bicyclic) bond motifs is 1. The first kappa shape index (κ1) is 28.0. The second-order valence-electron chi connectivity index (χ2n) is 11.0. The average Bonchev–Trinajstić information content (AvgIpc) is 3.63. The van der Waals surface area contributed by atoms with E-state index in [2.05, 4.69) is 25.8 Å². The number of nitrogens with one attached hydrogen (secondary N) is 2. The summed E-state index contributed by atoms with van der Waals surface area (Å²) in [6, 6.07) is 7.87. The molecule has 2 amide bonds. The van der Waals surface area contributed by atoms with Crippen LogP contribution in [0.4, 0.5) is 19.4 Å². The van der Waals surface area contributed by atoms with Gasteiger partial charge in [-0.15, -0.1) is 5.10 Å². The quantitative estimate of drug-likeness (QED) is 0.327. The number of likely N-dealkylation sites (tertiary alicyclic amines) is 1. The zero-order valence-electron chi connectivity index (χ0n) is 23.1. The summed E-state index contributed by atoms with van der Waals surface area (Å²) in [5, 5.41) is 14.6. The molecule has 2 N–H and O–H groups in total. The van der Waals surface area contributed by atoms with E-state index in [1.807, 2.05) is 11.8 Å². The minimum Gasteiger partial charge on any atom is -0.366 e. The minimum absolute atomic E-state index is 0.00416. The molecule has 220 valence electrons. The van der Waals surface area contributed by atoms with Crippen LogP contribution in [0.25, 0.3) is 22.3 Å². The third-order valence-corrected chi connectivity index (χ3v) is 9.58. The maximum atomic E-state index is 15.1. The third-order valence-electron chi connectivity index (χ3n) is 7.91. The zero-order chi connectivity index (χ0) is 29.4. The van der Waals surface area contributed by atoms with Gasteiger partial charge in [-0.2, -0.15) is 5.10 Å². The van der Waals surface area contributed by atoms with Gasteiger partial charge in [0.25, 0.3) is 10.0 Å². The van der Waals surface area contributed by atoms with Crippen molar-refractivity contribution in [2.75, 3.05) is 18.4 Å². The first-order chi connectivity index (χ1) is 20.2. The number of benzene rings is 2. The van der Waals surface area contributed by atoms with Gasteiger partial charge < -0.3 is 15.5 Å². The van der Waals surface area contributed by atoms with Crippen LogP contribution in [0.5, 0.6) is 0 Å². The molecule has 1 saturated carbocycles. The highest BCUT2D eigenvalue weighted by molar-refractivity contribution is 7.90. The summed E-state index contributed by atoms with van der Waals surface area (Å²) in [7, 11) is -4.24. The number of anilines is 1. The van der Waals surface area contributed by atoms with Crippen LogP contribution in [0.1, 0.15) is 44.1 Å². The van der Waals surface area contributed by atoms with Gasteiger partial charge in [0.15, 0.2) is 11.6 Å². The lowest BCUT2D eigenvalue weighted by Gasteiger charge is -2.31. The average molecular weight is 596 g/mol. The standard InChI is InChI=1S/C29H31F2N7O3S/c1-18-7-9-22(10-8-18)42(40,41)38-17-24(23-13-19(30)14-25(31)27(23)38)28-35-26(16-32-36-28)33-20-5-4-6-21(15-20)34-29(39)37-11-2-3-12-37/h7-10,13-14,16-17,20-21H,2-6,11-12,15H2,1H3,(H,34,39)(H,33,35,36)/t20-,21+/m1/s1. The summed E-state index contributed by atoms with van der Waals surface area (Å²) in [5.41, 5.74) is 0.676. The van der Waals surface area contributed by atoms with Crippen molar-refractivity contribution >= 4 is 32.8 Å². The molecule has 1 saturated heterocycles. The molecule has 6 rings (SSSR count). The van der Waals surface area contributed by atoms with Crippen molar-refractivity contribution < 1.29 is 22.0 Å². The Kier molecular flexibility index (Phi) is 7.52. The van der Waals surface area contributed by atoms with E-state index in [1.165, 1.54) is 24.5 Å². The molecule has 10 nitrogen and oxygen atoms in total. The van der Waals surface area contributed by atoms with Gasteiger partial charge in [0.1, 0.15) is 17.2 Å². The van der Waals surface area contributed by atoms with Crippen LogP contribution in [0.3, 0.4) is 0 Å². The summed E-state index contributed by atoms with van der Waals surface area (Å²) in [6.07, 6.45) is 8.06. The van der Waals surface area contributed by atoms with Crippen molar-refractivity contribution in [2.45, 2.75) is 62.4 Å². The number of hydrogen-bond acceptors (Lipinski definition) is 7. The van der Waals surface area contributed by atoms with Crippen molar-refractivity contribution in [3.05, 3.63) is 66.0 Å². The molecule has 42 heavy (non-hydrogen) atoms. The van der Waals surface area contributed by atoms with Crippen molar-refractivity contribution in [3.8, 4) is 11.4 Å². The van der Waals surface area contributed by atoms with E-state index in [4.69, 9.17) is 0 Å². The SMILES string of the molecule is Cc1ccc(S(=O)(=O)n2cc(-c3nncc(N[C@@H]4CCC[C@H](NC(=O)N5CCCC5)C4)n3)c3cc(F)cc(F)c32)cc1. The predicted octanol–water partition coefficient (Wildman–Crippen LogP) is 4.85. The van der Waals surface area contributed by atoms with Crippen molar-refractivity contribution in [1.82, 2.24) is 29.4 Å². The molecular formula is C29H31F2N7O3S. The Bertz CT molecular complexity index is 1740. The Labute approximate surface area is 242 Å². The highest BCUT2D eigenvalue weighted by Gasteiger charge is 2.28. The molecule has 0 bridgehead atoms. The van der Waals surface area contributed by atoms with E-state index in [0.29, 0.717) is 18.3 Å². The number of carbonyl (C=O) groups is 1. The lowest BCUT2D eigenvalue weighted by atomic mass is 9.91. The molecule has 1 aliphatic carbocycles.